The first-order valence-corrected chi connectivity index (χ1v) is 14.8. The molecule has 3 aromatic rings. The maximum absolute atomic E-state index is 14.1. The fourth-order valence-electron chi connectivity index (χ4n) is 5.04. The lowest BCUT2D eigenvalue weighted by atomic mass is 10.1. The number of amides is 1. The Morgan fingerprint density at radius 3 is 2.30 bits per heavy atom. The van der Waals surface area contributed by atoms with Crippen LogP contribution in [0.15, 0.2) is 72.1 Å². The van der Waals surface area contributed by atoms with Crippen molar-refractivity contribution in [2.24, 2.45) is 0 Å². The number of anilines is 1. The third-order valence-corrected chi connectivity index (χ3v) is 9.06. The van der Waals surface area contributed by atoms with Crippen molar-refractivity contribution in [1.82, 2.24) is 10.2 Å². The van der Waals surface area contributed by atoms with Crippen molar-refractivity contribution in [3.8, 4) is 5.75 Å². The summed E-state index contributed by atoms with van der Waals surface area (Å²) in [4.78, 5) is 15.2. The number of nitrogens with one attached hydrogen (secondary N) is 1. The maximum Gasteiger partial charge on any atom is 0.265 e. The van der Waals surface area contributed by atoms with Gasteiger partial charge in [0.2, 0.25) is 0 Å². The second-order valence-electron chi connectivity index (χ2n) is 10.1. The summed E-state index contributed by atoms with van der Waals surface area (Å²) in [5, 5.41) is 12.9. The zero-order valence-electron chi connectivity index (χ0n) is 23.3. The molecule has 212 valence electrons. The van der Waals surface area contributed by atoms with Crippen LogP contribution in [0.4, 0.5) is 5.69 Å². The van der Waals surface area contributed by atoms with Crippen LogP contribution in [0.2, 0.25) is 0 Å². The van der Waals surface area contributed by atoms with Gasteiger partial charge in [-0.3, -0.25) is 14.0 Å². The molecule has 0 spiro atoms. The number of hydrogen-bond acceptors (Lipinski definition) is 6. The third-order valence-electron chi connectivity index (χ3n) is 6.98. The Hall–Kier alpha value is -3.66. The van der Waals surface area contributed by atoms with Gasteiger partial charge in [-0.2, -0.15) is 0 Å². The van der Waals surface area contributed by atoms with E-state index >= 15 is 0 Å². The number of ether oxygens (including phenoxy) is 1. The summed E-state index contributed by atoms with van der Waals surface area (Å²) in [5.41, 5.74) is 4.30. The molecular weight excluding hydrogens is 526 g/mol. The molecule has 8 nitrogen and oxygen atoms in total. The molecule has 1 aliphatic rings. The number of morpholine rings is 1. The average molecular weight is 564 g/mol. The highest BCUT2D eigenvalue weighted by molar-refractivity contribution is 7.92. The fourth-order valence-corrected chi connectivity index (χ4v) is 6.91. The fraction of sp³-hybridized carbons (Fsp3) is 0.323. The topological polar surface area (TPSA) is 99.2 Å². The molecule has 0 radical (unpaired) electrons. The van der Waals surface area contributed by atoms with Gasteiger partial charge in [0.05, 0.1) is 30.3 Å². The Kier molecular flexibility index (Phi) is 9.29. The van der Waals surface area contributed by atoms with Gasteiger partial charge in [0, 0.05) is 31.8 Å². The lowest BCUT2D eigenvalue weighted by Gasteiger charge is -2.27. The predicted molar refractivity (Wildman–Crippen MR) is 158 cm³/mol. The van der Waals surface area contributed by atoms with E-state index in [4.69, 9.17) is 4.74 Å². The summed E-state index contributed by atoms with van der Waals surface area (Å²) in [6, 6.07) is 17.0. The smallest absolute Gasteiger partial charge is 0.265 e. The SMILES string of the molecule is C=C(C(=O)NCCN1CCOCC1)c1ccc(N(Cc2cccc(O)c2)S(=O)(=O)c2c(C)cc(C)cc2C)cc1. The maximum atomic E-state index is 14.1. The van der Waals surface area contributed by atoms with Gasteiger partial charge in [0.1, 0.15) is 5.75 Å². The van der Waals surface area contributed by atoms with Crippen LogP contribution >= 0.6 is 0 Å². The van der Waals surface area contributed by atoms with Crippen molar-refractivity contribution >= 4 is 27.2 Å². The second kappa shape index (κ2) is 12.7. The van der Waals surface area contributed by atoms with Gasteiger partial charge in [-0.15, -0.1) is 0 Å². The van der Waals surface area contributed by atoms with E-state index in [9.17, 15) is 18.3 Å². The van der Waals surface area contributed by atoms with Gasteiger partial charge in [0.25, 0.3) is 15.9 Å². The van der Waals surface area contributed by atoms with E-state index in [-0.39, 0.29) is 23.1 Å². The minimum atomic E-state index is -3.98. The molecule has 40 heavy (non-hydrogen) atoms. The molecule has 0 atom stereocenters. The van der Waals surface area contributed by atoms with E-state index in [1.165, 1.54) is 4.31 Å². The number of benzene rings is 3. The first-order chi connectivity index (χ1) is 19.1. The summed E-state index contributed by atoms with van der Waals surface area (Å²) in [6.45, 7) is 13.9. The average Bonchev–Trinajstić information content (AvgIpc) is 2.91. The number of rotatable bonds is 10. The molecule has 0 unspecified atom stereocenters. The summed E-state index contributed by atoms with van der Waals surface area (Å²) >= 11 is 0. The number of carbonyl (C=O) groups is 1. The van der Waals surface area contributed by atoms with Gasteiger partial charge >= 0.3 is 0 Å². The van der Waals surface area contributed by atoms with Crippen molar-refractivity contribution in [2.45, 2.75) is 32.2 Å². The zero-order valence-corrected chi connectivity index (χ0v) is 24.1. The summed E-state index contributed by atoms with van der Waals surface area (Å²) < 4.78 is 34.9. The molecule has 1 fully saturated rings. The van der Waals surface area contributed by atoms with Crippen molar-refractivity contribution < 1.29 is 23.1 Å². The van der Waals surface area contributed by atoms with Crippen LogP contribution in [-0.2, 0) is 26.1 Å². The Morgan fingerprint density at radius 2 is 1.68 bits per heavy atom. The number of nitrogens with zero attached hydrogens (tertiary/aromatic N) is 2. The normalized spacial score (nSPS) is 14.1. The van der Waals surface area contributed by atoms with Gasteiger partial charge in [-0.1, -0.05) is 48.5 Å². The van der Waals surface area contributed by atoms with E-state index in [1.54, 1.807) is 62.4 Å². The number of sulfonamides is 1. The van der Waals surface area contributed by atoms with Crippen molar-refractivity contribution in [3.63, 3.8) is 0 Å². The van der Waals surface area contributed by atoms with Gasteiger partial charge in [-0.25, -0.2) is 8.42 Å². The molecule has 1 amide bonds. The lowest BCUT2D eigenvalue weighted by Crippen LogP contribution is -2.41. The largest absolute Gasteiger partial charge is 0.508 e. The van der Waals surface area contributed by atoms with Crippen LogP contribution in [0.5, 0.6) is 5.75 Å². The quantitative estimate of drug-likeness (QED) is 0.359. The van der Waals surface area contributed by atoms with E-state index < -0.39 is 10.0 Å². The molecule has 1 saturated heterocycles. The third kappa shape index (κ3) is 6.91. The molecule has 0 saturated carbocycles. The highest BCUT2D eigenvalue weighted by Crippen LogP contribution is 2.31. The second-order valence-corrected chi connectivity index (χ2v) is 11.9. The molecule has 0 aromatic heterocycles. The van der Waals surface area contributed by atoms with E-state index in [0.717, 1.165) is 25.2 Å². The van der Waals surface area contributed by atoms with Crippen LogP contribution in [0.1, 0.15) is 27.8 Å². The van der Waals surface area contributed by atoms with Crippen LogP contribution in [0.3, 0.4) is 0 Å². The monoisotopic (exact) mass is 563 g/mol. The molecule has 4 rings (SSSR count). The number of phenols is 1. The highest BCUT2D eigenvalue weighted by Gasteiger charge is 2.29. The number of hydrogen-bond donors (Lipinski definition) is 2. The standard InChI is InChI=1S/C31H37N3O5S/c1-22-18-23(2)30(24(3)19-22)40(37,38)34(21-26-6-5-7-29(35)20-26)28-10-8-27(9-11-28)25(4)31(36)32-12-13-33-14-16-39-17-15-33/h5-11,18-20,35H,4,12-17,21H2,1-3H3,(H,32,36). The molecule has 1 heterocycles. The molecule has 0 bridgehead atoms. The molecule has 3 aromatic carbocycles. The molecule has 0 aliphatic carbocycles. The Labute approximate surface area is 236 Å². The lowest BCUT2D eigenvalue weighted by molar-refractivity contribution is -0.115. The van der Waals surface area contributed by atoms with E-state index in [2.05, 4.69) is 16.8 Å². The molecule has 1 aliphatic heterocycles. The zero-order chi connectivity index (χ0) is 28.9. The molecule has 9 heteroatoms. The van der Waals surface area contributed by atoms with Crippen molar-refractivity contribution in [1.29, 1.82) is 0 Å². The summed E-state index contributed by atoms with van der Waals surface area (Å²) in [6.07, 6.45) is 0. The summed E-state index contributed by atoms with van der Waals surface area (Å²) in [5.74, 6) is -0.208. The highest BCUT2D eigenvalue weighted by atomic mass is 32.2. The van der Waals surface area contributed by atoms with Crippen molar-refractivity contribution in [3.05, 3.63) is 95.1 Å². The number of phenolic OH excluding ortho intramolecular Hbond substituents is 1. The summed E-state index contributed by atoms with van der Waals surface area (Å²) in [7, 11) is -3.98. The number of carbonyl (C=O) groups excluding carboxylic acids is 1. The predicted octanol–water partition coefficient (Wildman–Crippen LogP) is 4.17. The van der Waals surface area contributed by atoms with Crippen LogP contribution in [-0.4, -0.2) is 63.7 Å². The molecule has 2 N–H and O–H groups in total. The first-order valence-electron chi connectivity index (χ1n) is 13.3. The van der Waals surface area contributed by atoms with E-state index in [1.807, 2.05) is 19.1 Å². The minimum absolute atomic E-state index is 0.0197. The number of aryl methyl sites for hydroxylation is 3. The van der Waals surface area contributed by atoms with Crippen LogP contribution in [0, 0.1) is 20.8 Å². The molecular formula is C31H37N3O5S. The first kappa shape index (κ1) is 29.3. The van der Waals surface area contributed by atoms with Gasteiger partial charge in [0.15, 0.2) is 0 Å². The van der Waals surface area contributed by atoms with Gasteiger partial charge < -0.3 is 15.2 Å². The van der Waals surface area contributed by atoms with E-state index in [0.29, 0.717) is 53.3 Å². The van der Waals surface area contributed by atoms with Crippen LogP contribution in [0.25, 0.3) is 5.57 Å². The Bertz CT molecular complexity index is 1460. The Morgan fingerprint density at radius 1 is 1.02 bits per heavy atom. The Balaban J connectivity index is 1.57. The number of aromatic hydroxyl groups is 1. The van der Waals surface area contributed by atoms with Gasteiger partial charge in [-0.05, 0) is 67.3 Å². The van der Waals surface area contributed by atoms with Crippen LogP contribution < -0.4 is 9.62 Å². The minimum Gasteiger partial charge on any atom is -0.508 e. The van der Waals surface area contributed by atoms with Crippen molar-refractivity contribution in [2.75, 3.05) is 43.7 Å².